The van der Waals surface area contributed by atoms with Crippen molar-refractivity contribution in [1.82, 2.24) is 5.32 Å². The van der Waals surface area contributed by atoms with Crippen molar-refractivity contribution in [1.29, 1.82) is 0 Å². The van der Waals surface area contributed by atoms with Gasteiger partial charge in [-0.05, 0) is 23.8 Å². The molecule has 1 N–H and O–H groups in total. The molecule has 7 heteroatoms. The molecule has 1 amide bonds. The first kappa shape index (κ1) is 19.9. The molecule has 0 atom stereocenters. The smallest absolute Gasteiger partial charge is 0.417 e. The van der Waals surface area contributed by atoms with Crippen LogP contribution in [0.4, 0.5) is 18.0 Å². The second kappa shape index (κ2) is 9.30. The van der Waals surface area contributed by atoms with Crippen molar-refractivity contribution in [3.05, 3.63) is 69.7 Å². The monoisotopic (exact) mass is 425 g/mol. The van der Waals surface area contributed by atoms with Gasteiger partial charge in [-0.3, -0.25) is 0 Å². The van der Waals surface area contributed by atoms with Gasteiger partial charge in [0.25, 0.3) is 0 Å². The van der Waals surface area contributed by atoms with Crippen molar-refractivity contribution in [2.45, 2.75) is 19.2 Å². The van der Waals surface area contributed by atoms with Gasteiger partial charge in [-0.2, -0.15) is 13.2 Å². The van der Waals surface area contributed by atoms with Crippen LogP contribution in [-0.4, -0.2) is 12.6 Å². The van der Waals surface area contributed by atoms with E-state index in [-0.39, 0.29) is 25.1 Å². The molecular formula is C19H15BrF3NO2. The van der Waals surface area contributed by atoms with Crippen LogP contribution >= 0.6 is 15.9 Å². The third-order valence-corrected chi connectivity index (χ3v) is 3.74. The molecule has 0 saturated heterocycles. The predicted octanol–water partition coefficient (Wildman–Crippen LogP) is 5.14. The number of carbonyl (C=O) groups excluding carboxylic acids is 1. The van der Waals surface area contributed by atoms with E-state index >= 15 is 0 Å². The number of hydrogen-bond acceptors (Lipinski definition) is 2. The molecule has 3 nitrogen and oxygen atoms in total. The summed E-state index contributed by atoms with van der Waals surface area (Å²) >= 11 is 3.02. The molecule has 0 aromatic heterocycles. The van der Waals surface area contributed by atoms with E-state index in [1.165, 1.54) is 12.1 Å². The Morgan fingerprint density at radius 3 is 2.58 bits per heavy atom. The van der Waals surface area contributed by atoms with Gasteiger partial charge in [0.2, 0.25) is 0 Å². The highest BCUT2D eigenvalue weighted by Gasteiger charge is 2.33. The molecule has 0 fully saturated rings. The van der Waals surface area contributed by atoms with E-state index in [0.717, 1.165) is 11.6 Å². The zero-order chi connectivity index (χ0) is 19.0. The second-order valence-corrected chi connectivity index (χ2v) is 6.14. The third kappa shape index (κ3) is 6.45. The van der Waals surface area contributed by atoms with Crippen LogP contribution in [0.5, 0.6) is 0 Å². The second-order valence-electron chi connectivity index (χ2n) is 5.23. The van der Waals surface area contributed by atoms with Gasteiger partial charge in [-0.1, -0.05) is 58.1 Å². The van der Waals surface area contributed by atoms with Gasteiger partial charge in [0.05, 0.1) is 5.56 Å². The Balaban J connectivity index is 1.81. The highest BCUT2D eigenvalue weighted by atomic mass is 79.9. The quantitative estimate of drug-likeness (QED) is 0.544. The van der Waals surface area contributed by atoms with Crippen LogP contribution in [0.1, 0.15) is 23.1 Å². The summed E-state index contributed by atoms with van der Waals surface area (Å²) in [5, 5.41) is 2.50. The van der Waals surface area contributed by atoms with Crippen LogP contribution < -0.4 is 5.32 Å². The maximum atomic E-state index is 13.0. The number of nitrogens with one attached hydrogen (secondary N) is 1. The number of rotatable bonds is 4. The van der Waals surface area contributed by atoms with E-state index in [4.69, 9.17) is 4.74 Å². The van der Waals surface area contributed by atoms with Gasteiger partial charge in [0, 0.05) is 23.0 Å². The van der Waals surface area contributed by atoms with Crippen LogP contribution in [-0.2, 0) is 17.5 Å². The Morgan fingerprint density at radius 2 is 1.88 bits per heavy atom. The molecule has 0 radical (unpaired) electrons. The molecule has 0 spiro atoms. The Bertz CT molecular complexity index is 811. The number of amides is 1. The highest BCUT2D eigenvalue weighted by Crippen LogP contribution is 2.33. The van der Waals surface area contributed by atoms with Crippen LogP contribution in [0, 0.1) is 11.8 Å². The molecule has 0 aliphatic rings. The summed E-state index contributed by atoms with van der Waals surface area (Å²) in [6, 6.07) is 13.0. The number of alkyl carbamates (subject to hydrolysis) is 1. The SMILES string of the molecule is O=C(NCCC#Cc1ccc(Br)cc1C(F)(F)F)OCc1ccccc1. The highest BCUT2D eigenvalue weighted by molar-refractivity contribution is 9.10. The number of hydrogen-bond donors (Lipinski definition) is 1. The summed E-state index contributed by atoms with van der Waals surface area (Å²) in [6.07, 6.45) is -4.88. The molecule has 2 rings (SSSR count). The summed E-state index contributed by atoms with van der Waals surface area (Å²) < 4.78 is 44.3. The summed E-state index contributed by atoms with van der Waals surface area (Å²) in [5.41, 5.74) is -0.0423. The van der Waals surface area contributed by atoms with Gasteiger partial charge in [-0.25, -0.2) is 4.79 Å². The third-order valence-electron chi connectivity index (χ3n) is 3.24. The van der Waals surface area contributed by atoms with E-state index < -0.39 is 17.8 Å². The van der Waals surface area contributed by atoms with Crippen LogP contribution in [0.15, 0.2) is 53.0 Å². The van der Waals surface area contributed by atoms with Gasteiger partial charge in [0.1, 0.15) is 6.61 Å². The van der Waals surface area contributed by atoms with Gasteiger partial charge in [0.15, 0.2) is 0 Å². The molecule has 0 bridgehead atoms. The van der Waals surface area contributed by atoms with E-state index in [0.29, 0.717) is 4.47 Å². The lowest BCUT2D eigenvalue weighted by atomic mass is 10.1. The van der Waals surface area contributed by atoms with Crippen molar-refractivity contribution in [2.75, 3.05) is 6.54 Å². The minimum atomic E-state index is -4.48. The molecule has 26 heavy (non-hydrogen) atoms. The number of halogens is 4. The van der Waals surface area contributed by atoms with E-state index in [1.807, 2.05) is 30.3 Å². The number of ether oxygens (including phenoxy) is 1. The zero-order valence-electron chi connectivity index (χ0n) is 13.6. The normalized spacial score (nSPS) is 10.6. The average Bonchev–Trinajstić information content (AvgIpc) is 2.61. The minimum absolute atomic E-state index is 0.104. The van der Waals surface area contributed by atoms with Crippen molar-refractivity contribution >= 4 is 22.0 Å². The van der Waals surface area contributed by atoms with Gasteiger partial charge >= 0.3 is 12.3 Å². The van der Waals surface area contributed by atoms with Crippen LogP contribution in [0.25, 0.3) is 0 Å². The van der Waals surface area contributed by atoms with Gasteiger partial charge in [-0.15, -0.1) is 0 Å². The zero-order valence-corrected chi connectivity index (χ0v) is 15.2. The van der Waals surface area contributed by atoms with Crippen molar-refractivity contribution in [2.24, 2.45) is 0 Å². The number of alkyl halides is 3. The number of benzene rings is 2. The molecule has 0 saturated carbocycles. The molecular weight excluding hydrogens is 411 g/mol. The predicted molar refractivity (Wildman–Crippen MR) is 95.3 cm³/mol. The first-order chi connectivity index (χ1) is 12.4. The Hall–Kier alpha value is -2.46. The fraction of sp³-hybridized carbons (Fsp3) is 0.211. The Kier molecular flexibility index (Phi) is 7.10. The van der Waals surface area contributed by atoms with Crippen molar-refractivity contribution in [3.63, 3.8) is 0 Å². The average molecular weight is 426 g/mol. The topological polar surface area (TPSA) is 38.3 Å². The minimum Gasteiger partial charge on any atom is -0.445 e. The van der Waals surface area contributed by atoms with Crippen LogP contribution in [0.2, 0.25) is 0 Å². The maximum Gasteiger partial charge on any atom is 0.417 e. The largest absolute Gasteiger partial charge is 0.445 e. The fourth-order valence-electron chi connectivity index (χ4n) is 2.02. The molecule has 0 unspecified atom stereocenters. The fourth-order valence-corrected chi connectivity index (χ4v) is 2.38. The summed E-state index contributed by atoms with van der Waals surface area (Å²) in [7, 11) is 0. The molecule has 136 valence electrons. The van der Waals surface area contributed by atoms with Crippen LogP contribution in [0.3, 0.4) is 0 Å². The molecule has 0 heterocycles. The Morgan fingerprint density at radius 1 is 1.15 bits per heavy atom. The van der Waals surface area contributed by atoms with Gasteiger partial charge < -0.3 is 10.1 Å². The molecule has 2 aromatic rings. The van der Waals surface area contributed by atoms with Crippen molar-refractivity contribution < 1.29 is 22.7 Å². The summed E-state index contributed by atoms with van der Waals surface area (Å²) in [5.74, 6) is 5.12. The van der Waals surface area contributed by atoms with E-state index in [1.54, 1.807) is 0 Å². The van der Waals surface area contributed by atoms with E-state index in [9.17, 15) is 18.0 Å². The lowest BCUT2D eigenvalue weighted by Gasteiger charge is -2.09. The summed E-state index contributed by atoms with van der Waals surface area (Å²) in [6.45, 7) is 0.324. The number of carbonyl (C=O) groups is 1. The molecule has 0 aliphatic heterocycles. The lowest BCUT2D eigenvalue weighted by Crippen LogP contribution is -2.24. The van der Waals surface area contributed by atoms with E-state index in [2.05, 4.69) is 33.1 Å². The first-order valence-corrected chi connectivity index (χ1v) is 8.46. The standard InChI is InChI=1S/C19H15BrF3NO2/c20-16-10-9-15(17(12-16)19(21,22)23)8-4-5-11-24-18(25)26-13-14-6-2-1-3-7-14/h1-3,6-7,9-10,12H,5,11,13H2,(H,24,25). The maximum absolute atomic E-state index is 13.0. The lowest BCUT2D eigenvalue weighted by molar-refractivity contribution is -0.137. The first-order valence-electron chi connectivity index (χ1n) is 7.66. The molecule has 2 aromatic carbocycles. The summed E-state index contributed by atoms with van der Waals surface area (Å²) in [4.78, 5) is 11.5. The van der Waals surface area contributed by atoms with Crippen molar-refractivity contribution in [3.8, 4) is 11.8 Å². The molecule has 0 aliphatic carbocycles. The Labute approximate surface area is 157 Å².